The zero-order valence-electron chi connectivity index (χ0n) is 15.5. The predicted octanol–water partition coefficient (Wildman–Crippen LogP) is 0.597. The van der Waals surface area contributed by atoms with Gasteiger partial charge in [0.25, 0.3) is 0 Å². The van der Waals surface area contributed by atoms with Crippen LogP contribution in [0.2, 0.25) is 0 Å². The second-order valence-electron chi connectivity index (χ2n) is 6.54. The number of amides is 1. The van der Waals surface area contributed by atoms with Gasteiger partial charge in [-0.3, -0.25) is 4.79 Å². The van der Waals surface area contributed by atoms with Crippen LogP contribution in [0, 0.1) is 0 Å². The maximum absolute atomic E-state index is 12.7. The summed E-state index contributed by atoms with van der Waals surface area (Å²) in [7, 11) is 1.72. The first kappa shape index (κ1) is 19.1. The second kappa shape index (κ2) is 8.03. The van der Waals surface area contributed by atoms with E-state index in [4.69, 9.17) is 9.52 Å². The number of carboxylic acid groups (broad SMARTS) is 1. The molecule has 4 rings (SSSR count). The monoisotopic (exact) mass is 418 g/mol. The van der Waals surface area contributed by atoms with Gasteiger partial charge < -0.3 is 14.4 Å². The number of tetrazole rings is 1. The van der Waals surface area contributed by atoms with Crippen molar-refractivity contribution in [3.8, 4) is 0 Å². The Balaban J connectivity index is 1.42. The van der Waals surface area contributed by atoms with Gasteiger partial charge in [-0.2, -0.15) is 0 Å². The fourth-order valence-electron chi connectivity index (χ4n) is 3.29. The van der Waals surface area contributed by atoms with Crippen LogP contribution in [0.4, 0.5) is 0 Å². The Kier molecular flexibility index (Phi) is 5.29. The molecule has 0 spiro atoms. The minimum atomic E-state index is -1.13. The van der Waals surface area contributed by atoms with E-state index in [9.17, 15) is 9.59 Å². The molecule has 0 aliphatic carbocycles. The van der Waals surface area contributed by atoms with Crippen molar-refractivity contribution in [1.29, 1.82) is 0 Å². The molecule has 152 valence electrons. The highest BCUT2D eigenvalue weighted by atomic mass is 32.2. The molecule has 1 atom stereocenters. The van der Waals surface area contributed by atoms with E-state index in [1.807, 2.05) is 0 Å². The number of aromatic nitrogens is 7. The van der Waals surface area contributed by atoms with Gasteiger partial charge in [-0.1, -0.05) is 17.0 Å². The molecule has 12 nitrogen and oxygen atoms in total. The van der Waals surface area contributed by atoms with E-state index in [1.54, 1.807) is 28.9 Å². The fourth-order valence-corrected chi connectivity index (χ4v) is 4.03. The van der Waals surface area contributed by atoms with Crippen LogP contribution in [0.15, 0.2) is 28.1 Å². The molecular weight excluding hydrogens is 400 g/mol. The number of carbonyl (C=O) groups excluding carboxylic acids is 1. The number of thioether (sulfide) groups is 1. The third-order valence-electron chi connectivity index (χ3n) is 4.65. The quantitative estimate of drug-likeness (QED) is 0.541. The highest BCUT2D eigenvalue weighted by Gasteiger charge is 2.32. The van der Waals surface area contributed by atoms with Gasteiger partial charge in [0.15, 0.2) is 0 Å². The molecule has 3 aromatic heterocycles. The summed E-state index contributed by atoms with van der Waals surface area (Å²) >= 11 is 1.29. The number of aryl methyl sites for hydroxylation is 1. The zero-order chi connectivity index (χ0) is 20.4. The van der Waals surface area contributed by atoms with E-state index in [0.717, 1.165) is 12.8 Å². The van der Waals surface area contributed by atoms with E-state index >= 15 is 0 Å². The van der Waals surface area contributed by atoms with Crippen LogP contribution >= 0.6 is 11.8 Å². The molecule has 0 radical (unpaired) electrons. The molecule has 1 N–H and O–H groups in total. The van der Waals surface area contributed by atoms with Crippen LogP contribution in [-0.2, 0) is 18.4 Å². The highest BCUT2D eigenvalue weighted by molar-refractivity contribution is 7.99. The standard InChI is InChI=1S/C16H18N8O4S/c1-22-16(18-19-21-22)29-9-13(25)24-5-2-3-12(24)11-8-23(20-17-11)7-10-4-6-28-14(10)15(26)27/h4,6,8,12H,2-3,5,7,9H2,1H3,(H,26,27). The van der Waals surface area contributed by atoms with Gasteiger partial charge in [0.2, 0.25) is 16.8 Å². The van der Waals surface area contributed by atoms with Crippen molar-refractivity contribution in [2.24, 2.45) is 7.05 Å². The average Bonchev–Trinajstić information content (AvgIpc) is 3.47. The van der Waals surface area contributed by atoms with E-state index < -0.39 is 5.97 Å². The van der Waals surface area contributed by atoms with Crippen molar-refractivity contribution in [3.05, 3.63) is 35.5 Å². The van der Waals surface area contributed by atoms with Gasteiger partial charge in [0.1, 0.15) is 5.69 Å². The van der Waals surface area contributed by atoms with Crippen molar-refractivity contribution in [3.63, 3.8) is 0 Å². The summed E-state index contributed by atoms with van der Waals surface area (Å²) in [6.45, 7) is 0.875. The lowest BCUT2D eigenvalue weighted by Crippen LogP contribution is -2.32. The van der Waals surface area contributed by atoms with Gasteiger partial charge in [-0.15, -0.1) is 10.2 Å². The molecule has 4 heterocycles. The highest BCUT2D eigenvalue weighted by Crippen LogP contribution is 2.31. The Labute approximate surface area is 168 Å². The number of rotatable bonds is 7. The Hall–Kier alpha value is -3.22. The van der Waals surface area contributed by atoms with Crippen LogP contribution in [0.3, 0.4) is 0 Å². The minimum Gasteiger partial charge on any atom is -0.475 e. The maximum atomic E-state index is 12.7. The van der Waals surface area contributed by atoms with E-state index in [-0.39, 0.29) is 30.0 Å². The van der Waals surface area contributed by atoms with Gasteiger partial charge in [0, 0.05) is 19.2 Å². The lowest BCUT2D eigenvalue weighted by atomic mass is 10.1. The van der Waals surface area contributed by atoms with Crippen molar-refractivity contribution in [2.75, 3.05) is 12.3 Å². The number of furan rings is 1. The number of nitrogens with zero attached hydrogens (tertiary/aromatic N) is 8. The van der Waals surface area contributed by atoms with Crippen LogP contribution in [0.25, 0.3) is 0 Å². The largest absolute Gasteiger partial charge is 0.475 e. The first-order chi connectivity index (χ1) is 14.0. The molecule has 1 fully saturated rings. The Morgan fingerprint density at radius 3 is 2.97 bits per heavy atom. The fraction of sp³-hybridized carbons (Fsp3) is 0.438. The van der Waals surface area contributed by atoms with Gasteiger partial charge in [-0.25, -0.2) is 14.2 Å². The topological polar surface area (TPSA) is 145 Å². The number of hydrogen-bond acceptors (Lipinski definition) is 9. The molecule has 1 aliphatic heterocycles. The third kappa shape index (κ3) is 3.99. The van der Waals surface area contributed by atoms with E-state index in [1.165, 1.54) is 22.7 Å². The van der Waals surface area contributed by atoms with Crippen molar-refractivity contribution in [1.82, 2.24) is 40.1 Å². The van der Waals surface area contributed by atoms with E-state index in [2.05, 4.69) is 25.8 Å². The van der Waals surface area contributed by atoms with Gasteiger partial charge >= 0.3 is 5.97 Å². The predicted molar refractivity (Wildman–Crippen MR) is 98.0 cm³/mol. The molecule has 0 bridgehead atoms. The van der Waals surface area contributed by atoms with E-state index in [0.29, 0.717) is 23.0 Å². The number of carbonyl (C=O) groups is 2. The molecule has 13 heteroatoms. The molecule has 1 aliphatic rings. The first-order valence-electron chi connectivity index (χ1n) is 8.87. The van der Waals surface area contributed by atoms with Gasteiger partial charge in [0.05, 0.1) is 30.8 Å². The van der Waals surface area contributed by atoms with Crippen molar-refractivity contribution in [2.45, 2.75) is 30.6 Å². The summed E-state index contributed by atoms with van der Waals surface area (Å²) in [6, 6.07) is 1.44. The normalized spacial score (nSPS) is 16.4. The number of likely N-dealkylation sites (tertiary alicyclic amines) is 1. The van der Waals surface area contributed by atoms with Gasteiger partial charge in [-0.05, 0) is 29.3 Å². The minimum absolute atomic E-state index is 0.0157. The second-order valence-corrected chi connectivity index (χ2v) is 7.48. The molecule has 0 saturated carbocycles. The summed E-state index contributed by atoms with van der Waals surface area (Å²) in [5.41, 5.74) is 1.18. The average molecular weight is 418 g/mol. The molecule has 0 aromatic carbocycles. The molecular formula is C16H18N8O4S. The number of carboxylic acids is 1. The van der Waals surface area contributed by atoms with Crippen molar-refractivity contribution >= 4 is 23.6 Å². The van der Waals surface area contributed by atoms with Crippen LogP contribution < -0.4 is 0 Å². The Morgan fingerprint density at radius 2 is 2.21 bits per heavy atom. The van der Waals surface area contributed by atoms with Crippen LogP contribution in [0.5, 0.6) is 0 Å². The molecule has 1 unspecified atom stereocenters. The summed E-state index contributed by atoms with van der Waals surface area (Å²) < 4.78 is 8.06. The maximum Gasteiger partial charge on any atom is 0.372 e. The zero-order valence-corrected chi connectivity index (χ0v) is 16.3. The summed E-state index contributed by atoms with van der Waals surface area (Å²) in [6.07, 6.45) is 4.75. The third-order valence-corrected chi connectivity index (χ3v) is 5.65. The smallest absolute Gasteiger partial charge is 0.372 e. The molecule has 3 aromatic rings. The first-order valence-corrected chi connectivity index (χ1v) is 9.86. The Morgan fingerprint density at radius 1 is 1.34 bits per heavy atom. The van der Waals surface area contributed by atoms with Crippen LogP contribution in [0.1, 0.15) is 40.7 Å². The molecule has 1 saturated heterocycles. The number of hydrogen-bond donors (Lipinski definition) is 1. The van der Waals surface area contributed by atoms with Crippen molar-refractivity contribution < 1.29 is 19.1 Å². The molecule has 1 amide bonds. The van der Waals surface area contributed by atoms with Crippen LogP contribution in [-0.4, -0.2) is 69.4 Å². The summed E-state index contributed by atoms with van der Waals surface area (Å²) in [4.78, 5) is 25.7. The lowest BCUT2D eigenvalue weighted by molar-refractivity contribution is -0.129. The lowest BCUT2D eigenvalue weighted by Gasteiger charge is -2.22. The molecule has 29 heavy (non-hydrogen) atoms. The summed E-state index contributed by atoms with van der Waals surface area (Å²) in [5, 5.41) is 29.2. The SMILES string of the molecule is Cn1nnnc1SCC(=O)N1CCCC1c1cn(Cc2ccoc2C(=O)O)nn1. The number of aromatic carboxylic acids is 1. The Bertz CT molecular complexity index is 1030. The summed E-state index contributed by atoms with van der Waals surface area (Å²) in [5.74, 6) is -1.03.